The number of carbonyl (C=O) groups is 1. The summed E-state index contributed by atoms with van der Waals surface area (Å²) in [7, 11) is 1.66. The molecule has 2 rings (SSSR count). The van der Waals surface area contributed by atoms with Crippen LogP contribution in [0.15, 0.2) is 30.3 Å². The minimum Gasteiger partial charge on any atom is -0.378 e. The molecule has 92 valence electrons. The summed E-state index contributed by atoms with van der Waals surface area (Å²) in [5.74, 6) is 0.0284. The first-order chi connectivity index (χ1) is 8.31. The summed E-state index contributed by atoms with van der Waals surface area (Å²) in [5.41, 5.74) is 1.23. The molecular weight excluding hydrogens is 216 g/mol. The molecule has 1 fully saturated rings. The minimum absolute atomic E-state index is 0.0284. The first-order valence-corrected chi connectivity index (χ1v) is 5.88. The van der Waals surface area contributed by atoms with Crippen molar-refractivity contribution in [2.75, 3.05) is 26.8 Å². The fraction of sp³-hybridized carbons (Fsp3) is 0.462. The molecule has 17 heavy (non-hydrogen) atoms. The van der Waals surface area contributed by atoms with Gasteiger partial charge in [0.25, 0.3) is 0 Å². The third-order valence-electron chi connectivity index (χ3n) is 3.02. The average Bonchev–Trinajstić information content (AvgIpc) is 2.40. The minimum atomic E-state index is -0.172. The highest BCUT2D eigenvalue weighted by molar-refractivity contribution is 5.81. The van der Waals surface area contributed by atoms with Crippen LogP contribution >= 0.6 is 0 Å². The lowest BCUT2D eigenvalue weighted by Crippen LogP contribution is -2.52. The molecule has 1 unspecified atom stereocenters. The summed E-state index contributed by atoms with van der Waals surface area (Å²) >= 11 is 0. The van der Waals surface area contributed by atoms with Crippen LogP contribution in [0.3, 0.4) is 0 Å². The number of rotatable bonds is 3. The van der Waals surface area contributed by atoms with Crippen LogP contribution in [0, 0.1) is 0 Å². The number of carbonyl (C=O) groups excluding carboxylic acids is 1. The van der Waals surface area contributed by atoms with Gasteiger partial charge in [-0.25, -0.2) is 0 Å². The molecule has 4 heteroatoms. The molecule has 0 aliphatic carbocycles. The van der Waals surface area contributed by atoms with Gasteiger partial charge in [0.15, 0.2) is 0 Å². The molecule has 0 bridgehead atoms. The molecule has 1 heterocycles. The Balaban J connectivity index is 2.04. The van der Waals surface area contributed by atoms with Gasteiger partial charge in [0.1, 0.15) is 6.04 Å². The van der Waals surface area contributed by atoms with E-state index in [1.165, 1.54) is 5.56 Å². The molecule has 4 nitrogen and oxygen atoms in total. The molecule has 1 aromatic rings. The van der Waals surface area contributed by atoms with Gasteiger partial charge in [-0.2, -0.15) is 0 Å². The summed E-state index contributed by atoms with van der Waals surface area (Å²) in [4.78, 5) is 13.9. The Morgan fingerprint density at radius 2 is 2.24 bits per heavy atom. The topological polar surface area (TPSA) is 41.6 Å². The molecule has 0 aromatic heterocycles. The van der Waals surface area contributed by atoms with Crippen molar-refractivity contribution in [3.8, 4) is 0 Å². The highest BCUT2D eigenvalue weighted by atomic mass is 16.5. The van der Waals surface area contributed by atoms with Crippen molar-refractivity contribution < 1.29 is 9.53 Å². The summed E-state index contributed by atoms with van der Waals surface area (Å²) < 4.78 is 5.37. The van der Waals surface area contributed by atoms with E-state index < -0.39 is 0 Å². The van der Waals surface area contributed by atoms with Crippen molar-refractivity contribution in [2.24, 2.45) is 0 Å². The van der Waals surface area contributed by atoms with Crippen LogP contribution in [0.5, 0.6) is 0 Å². The Morgan fingerprint density at radius 1 is 1.47 bits per heavy atom. The molecule has 1 aliphatic heterocycles. The van der Waals surface area contributed by atoms with E-state index >= 15 is 0 Å². The number of nitrogens with zero attached hydrogens (tertiary/aromatic N) is 1. The Kier molecular flexibility index (Phi) is 4.12. The lowest BCUT2D eigenvalue weighted by Gasteiger charge is -2.34. The van der Waals surface area contributed by atoms with Crippen LogP contribution in [0.4, 0.5) is 0 Å². The quantitative estimate of drug-likeness (QED) is 0.834. The zero-order valence-corrected chi connectivity index (χ0v) is 10.1. The maximum Gasteiger partial charge on any atom is 0.239 e. The van der Waals surface area contributed by atoms with Gasteiger partial charge in [0, 0.05) is 20.1 Å². The van der Waals surface area contributed by atoms with Crippen LogP contribution in [0.1, 0.15) is 5.56 Å². The van der Waals surface area contributed by atoms with Crippen LogP contribution in [-0.4, -0.2) is 43.7 Å². The normalized spacial score (nSPS) is 21.1. The Bertz CT molecular complexity index is 367. The fourth-order valence-corrected chi connectivity index (χ4v) is 2.05. The molecule has 1 amide bonds. The maximum atomic E-state index is 11.7. The Hall–Kier alpha value is -1.39. The average molecular weight is 234 g/mol. The number of nitrogens with one attached hydrogen (secondary N) is 1. The Labute approximate surface area is 102 Å². The van der Waals surface area contributed by atoms with Crippen LogP contribution in [0.2, 0.25) is 0 Å². The smallest absolute Gasteiger partial charge is 0.239 e. The van der Waals surface area contributed by atoms with Crippen molar-refractivity contribution in [2.45, 2.75) is 12.6 Å². The molecule has 0 radical (unpaired) electrons. The second-order valence-corrected chi connectivity index (χ2v) is 4.16. The molecule has 1 N–H and O–H groups in total. The number of hydrogen-bond donors (Lipinski definition) is 1. The summed E-state index contributed by atoms with van der Waals surface area (Å²) in [6.07, 6.45) is 0. The molecule has 0 spiro atoms. The Morgan fingerprint density at radius 3 is 2.94 bits per heavy atom. The second kappa shape index (κ2) is 5.80. The van der Waals surface area contributed by atoms with Crippen molar-refractivity contribution in [3.63, 3.8) is 0 Å². The first-order valence-electron chi connectivity index (χ1n) is 5.88. The molecule has 1 atom stereocenters. The van der Waals surface area contributed by atoms with Gasteiger partial charge in [-0.15, -0.1) is 0 Å². The number of amides is 1. The van der Waals surface area contributed by atoms with Crippen molar-refractivity contribution >= 4 is 5.91 Å². The standard InChI is InChI=1S/C13H18N2O2/c1-14-13(16)12-10-17-8-7-15(12)9-11-5-3-2-4-6-11/h2-6,12H,7-10H2,1H3,(H,14,16). The van der Waals surface area contributed by atoms with Gasteiger partial charge < -0.3 is 10.1 Å². The second-order valence-electron chi connectivity index (χ2n) is 4.16. The number of ether oxygens (including phenoxy) is 1. The van der Waals surface area contributed by atoms with E-state index in [9.17, 15) is 4.79 Å². The predicted molar refractivity (Wildman–Crippen MR) is 65.5 cm³/mol. The maximum absolute atomic E-state index is 11.7. The van der Waals surface area contributed by atoms with Gasteiger partial charge >= 0.3 is 0 Å². The first kappa shape index (κ1) is 12.1. The van der Waals surface area contributed by atoms with Crippen molar-refractivity contribution in [1.29, 1.82) is 0 Å². The van der Waals surface area contributed by atoms with Gasteiger partial charge in [0.2, 0.25) is 5.91 Å². The largest absolute Gasteiger partial charge is 0.378 e. The van der Waals surface area contributed by atoms with Gasteiger partial charge in [-0.05, 0) is 5.56 Å². The summed E-state index contributed by atoms with van der Waals surface area (Å²) in [6.45, 7) is 2.77. The predicted octanol–water partition coefficient (Wildman–Crippen LogP) is 0.633. The van der Waals surface area contributed by atoms with E-state index in [4.69, 9.17) is 4.74 Å². The summed E-state index contributed by atoms with van der Waals surface area (Å²) in [6, 6.07) is 10.0. The van der Waals surface area contributed by atoms with E-state index in [1.54, 1.807) is 7.05 Å². The number of likely N-dealkylation sites (N-methyl/N-ethyl adjacent to an activating group) is 1. The zero-order chi connectivity index (χ0) is 12.1. The number of hydrogen-bond acceptors (Lipinski definition) is 3. The van der Waals surface area contributed by atoms with Crippen molar-refractivity contribution in [1.82, 2.24) is 10.2 Å². The van der Waals surface area contributed by atoms with Gasteiger partial charge in [-0.1, -0.05) is 30.3 Å². The van der Waals surface area contributed by atoms with Crippen LogP contribution in [-0.2, 0) is 16.1 Å². The molecule has 1 aliphatic rings. The van der Waals surface area contributed by atoms with Gasteiger partial charge in [-0.3, -0.25) is 9.69 Å². The summed E-state index contributed by atoms with van der Waals surface area (Å²) in [5, 5.41) is 2.69. The van der Waals surface area contributed by atoms with Gasteiger partial charge in [0.05, 0.1) is 13.2 Å². The number of benzene rings is 1. The van der Waals surface area contributed by atoms with E-state index in [1.807, 2.05) is 18.2 Å². The highest BCUT2D eigenvalue weighted by Crippen LogP contribution is 2.12. The van der Waals surface area contributed by atoms with E-state index in [-0.39, 0.29) is 11.9 Å². The monoisotopic (exact) mass is 234 g/mol. The van der Waals surface area contributed by atoms with E-state index in [0.717, 1.165) is 13.1 Å². The molecular formula is C13H18N2O2. The number of morpholine rings is 1. The van der Waals surface area contributed by atoms with Crippen LogP contribution in [0.25, 0.3) is 0 Å². The third-order valence-corrected chi connectivity index (χ3v) is 3.02. The fourth-order valence-electron chi connectivity index (χ4n) is 2.05. The highest BCUT2D eigenvalue weighted by Gasteiger charge is 2.28. The van der Waals surface area contributed by atoms with E-state index in [2.05, 4.69) is 22.3 Å². The third kappa shape index (κ3) is 3.05. The zero-order valence-electron chi connectivity index (χ0n) is 10.1. The van der Waals surface area contributed by atoms with E-state index in [0.29, 0.717) is 13.2 Å². The van der Waals surface area contributed by atoms with Crippen LogP contribution < -0.4 is 5.32 Å². The lowest BCUT2D eigenvalue weighted by atomic mass is 10.1. The SMILES string of the molecule is CNC(=O)C1COCCN1Cc1ccccc1. The molecule has 0 saturated carbocycles. The molecule has 1 aromatic carbocycles. The van der Waals surface area contributed by atoms with Crippen molar-refractivity contribution in [3.05, 3.63) is 35.9 Å². The molecule has 1 saturated heterocycles. The lowest BCUT2D eigenvalue weighted by molar-refractivity contribution is -0.132.